The van der Waals surface area contributed by atoms with Crippen molar-refractivity contribution in [3.8, 4) is 11.6 Å². The number of carboxylic acid groups (broad SMARTS) is 1. The minimum atomic E-state index is -1.19. The molecule has 20 heavy (non-hydrogen) atoms. The molecule has 0 bridgehead atoms. The van der Waals surface area contributed by atoms with Crippen LogP contribution in [0.5, 0.6) is 11.6 Å². The highest BCUT2D eigenvalue weighted by atomic mass is 19.1. The van der Waals surface area contributed by atoms with E-state index in [1.54, 1.807) is 13.0 Å². The molecule has 0 aliphatic carbocycles. The number of aromatic nitrogens is 2. The van der Waals surface area contributed by atoms with E-state index in [9.17, 15) is 9.18 Å². The molecule has 1 heterocycles. The molecule has 0 amide bonds. The van der Waals surface area contributed by atoms with Gasteiger partial charge in [0.25, 0.3) is 0 Å². The van der Waals surface area contributed by atoms with Gasteiger partial charge in [0.2, 0.25) is 5.88 Å². The van der Waals surface area contributed by atoms with Gasteiger partial charge in [-0.1, -0.05) is 6.92 Å². The number of benzene rings is 1. The van der Waals surface area contributed by atoms with Gasteiger partial charge in [-0.05, 0) is 25.5 Å². The summed E-state index contributed by atoms with van der Waals surface area (Å²) in [5.74, 6) is -1.15. The molecule has 5 nitrogen and oxygen atoms in total. The molecule has 0 unspecified atom stereocenters. The third-order valence-electron chi connectivity index (χ3n) is 2.62. The van der Waals surface area contributed by atoms with Crippen molar-refractivity contribution < 1.29 is 19.0 Å². The highest BCUT2D eigenvalue weighted by molar-refractivity contribution is 5.90. The molecule has 1 aromatic carbocycles. The predicted octanol–water partition coefficient (Wildman–Crippen LogP) is 2.98. The topological polar surface area (TPSA) is 72.3 Å². The average molecular weight is 276 g/mol. The number of rotatable bonds is 4. The summed E-state index contributed by atoms with van der Waals surface area (Å²) in [5, 5.41) is 9.05. The van der Waals surface area contributed by atoms with Crippen LogP contribution in [0.15, 0.2) is 24.3 Å². The lowest BCUT2D eigenvalue weighted by Crippen LogP contribution is -2.03. The van der Waals surface area contributed by atoms with E-state index in [-0.39, 0.29) is 17.2 Å². The highest BCUT2D eigenvalue weighted by Crippen LogP contribution is 2.25. The Morgan fingerprint density at radius 3 is 2.75 bits per heavy atom. The van der Waals surface area contributed by atoms with Gasteiger partial charge in [0.1, 0.15) is 23.0 Å². The van der Waals surface area contributed by atoms with Crippen molar-refractivity contribution in [2.24, 2.45) is 0 Å². The lowest BCUT2D eigenvalue weighted by molar-refractivity contribution is 0.0694. The molecule has 0 saturated heterocycles. The van der Waals surface area contributed by atoms with Gasteiger partial charge in [0, 0.05) is 17.8 Å². The molecule has 2 aromatic rings. The van der Waals surface area contributed by atoms with Crippen LogP contribution in [0.4, 0.5) is 4.39 Å². The third kappa shape index (κ3) is 3.09. The first-order valence-electron chi connectivity index (χ1n) is 6.05. The van der Waals surface area contributed by atoms with Crippen molar-refractivity contribution in [1.29, 1.82) is 0 Å². The van der Waals surface area contributed by atoms with E-state index in [4.69, 9.17) is 9.84 Å². The van der Waals surface area contributed by atoms with Crippen molar-refractivity contribution in [3.05, 3.63) is 47.2 Å². The molecule has 0 aliphatic rings. The maximum atomic E-state index is 13.2. The molecule has 0 atom stereocenters. The molecule has 0 radical (unpaired) electrons. The van der Waals surface area contributed by atoms with E-state index in [1.807, 2.05) is 6.92 Å². The second kappa shape index (κ2) is 5.64. The second-order valence-electron chi connectivity index (χ2n) is 4.15. The van der Waals surface area contributed by atoms with Gasteiger partial charge in [-0.15, -0.1) is 0 Å². The van der Waals surface area contributed by atoms with Gasteiger partial charge in [-0.3, -0.25) is 0 Å². The van der Waals surface area contributed by atoms with Gasteiger partial charge in [0.05, 0.1) is 0 Å². The molecule has 104 valence electrons. The number of aromatic carboxylic acids is 1. The number of hydrogen-bond donors (Lipinski definition) is 1. The fraction of sp³-hybridized carbons (Fsp3) is 0.214. The summed E-state index contributed by atoms with van der Waals surface area (Å²) in [6.07, 6.45) is 0.689. The Morgan fingerprint density at radius 2 is 2.10 bits per heavy atom. The van der Waals surface area contributed by atoms with Crippen LogP contribution in [-0.4, -0.2) is 21.0 Å². The zero-order valence-electron chi connectivity index (χ0n) is 11.1. The van der Waals surface area contributed by atoms with Crippen molar-refractivity contribution >= 4 is 5.97 Å². The minimum Gasteiger partial charge on any atom is -0.478 e. The van der Waals surface area contributed by atoms with Crippen molar-refractivity contribution in [2.75, 3.05) is 0 Å². The zero-order chi connectivity index (χ0) is 14.7. The summed E-state index contributed by atoms with van der Waals surface area (Å²) in [4.78, 5) is 19.3. The molecule has 6 heteroatoms. The molecule has 0 spiro atoms. The monoisotopic (exact) mass is 276 g/mol. The molecule has 1 N–H and O–H groups in total. The molecule has 0 saturated carbocycles. The SMILES string of the molecule is CCc1cc(Oc2cc(F)ccc2C(=O)O)nc(C)n1. The molecule has 2 rings (SSSR count). The Kier molecular flexibility index (Phi) is 3.93. The second-order valence-corrected chi connectivity index (χ2v) is 4.15. The Balaban J connectivity index is 2.41. The standard InChI is InChI=1S/C14H13FN2O3/c1-3-10-7-13(17-8(2)16-10)20-12-6-9(15)4-5-11(12)14(18)19/h4-7H,3H2,1-2H3,(H,18,19). The Hall–Kier alpha value is -2.50. The maximum Gasteiger partial charge on any atom is 0.339 e. The predicted molar refractivity (Wildman–Crippen MR) is 69.6 cm³/mol. The molecule has 0 fully saturated rings. The Bertz CT molecular complexity index is 659. The van der Waals surface area contributed by atoms with Crippen molar-refractivity contribution in [2.45, 2.75) is 20.3 Å². The number of aryl methyl sites for hydroxylation is 2. The van der Waals surface area contributed by atoms with Crippen LogP contribution in [0, 0.1) is 12.7 Å². The van der Waals surface area contributed by atoms with Gasteiger partial charge in [-0.25, -0.2) is 14.2 Å². The number of carboxylic acids is 1. The zero-order valence-corrected chi connectivity index (χ0v) is 11.1. The summed E-state index contributed by atoms with van der Waals surface area (Å²) in [5.41, 5.74) is 0.640. The lowest BCUT2D eigenvalue weighted by Gasteiger charge is -2.09. The number of halogens is 1. The first-order chi connectivity index (χ1) is 9.49. The molecular formula is C14H13FN2O3. The van der Waals surface area contributed by atoms with Crippen molar-refractivity contribution in [3.63, 3.8) is 0 Å². The normalized spacial score (nSPS) is 10.3. The van der Waals surface area contributed by atoms with Crippen molar-refractivity contribution in [1.82, 2.24) is 9.97 Å². The first-order valence-corrected chi connectivity index (χ1v) is 6.05. The van der Waals surface area contributed by atoms with Crippen LogP contribution in [-0.2, 0) is 6.42 Å². The van der Waals surface area contributed by atoms with Crippen LogP contribution in [0.2, 0.25) is 0 Å². The smallest absolute Gasteiger partial charge is 0.339 e. The fourth-order valence-corrected chi connectivity index (χ4v) is 1.70. The Labute approximate surface area is 115 Å². The van der Waals surface area contributed by atoms with Crippen LogP contribution >= 0.6 is 0 Å². The Morgan fingerprint density at radius 1 is 1.35 bits per heavy atom. The number of carbonyl (C=O) groups is 1. The molecule has 0 aliphatic heterocycles. The number of hydrogen-bond acceptors (Lipinski definition) is 4. The number of nitrogens with zero attached hydrogens (tertiary/aromatic N) is 2. The average Bonchev–Trinajstić information content (AvgIpc) is 2.37. The lowest BCUT2D eigenvalue weighted by atomic mass is 10.2. The quantitative estimate of drug-likeness (QED) is 0.929. The van der Waals surface area contributed by atoms with E-state index >= 15 is 0 Å². The van der Waals surface area contributed by atoms with E-state index in [0.29, 0.717) is 12.2 Å². The summed E-state index contributed by atoms with van der Waals surface area (Å²) >= 11 is 0. The third-order valence-corrected chi connectivity index (χ3v) is 2.62. The summed E-state index contributed by atoms with van der Waals surface area (Å²) in [6, 6.07) is 4.84. The minimum absolute atomic E-state index is 0.0855. The summed E-state index contributed by atoms with van der Waals surface area (Å²) in [7, 11) is 0. The van der Waals surface area contributed by atoms with Crippen LogP contribution in [0.25, 0.3) is 0 Å². The van der Waals surface area contributed by atoms with Crippen LogP contribution in [0.3, 0.4) is 0 Å². The van der Waals surface area contributed by atoms with E-state index < -0.39 is 11.8 Å². The molecular weight excluding hydrogens is 263 g/mol. The van der Waals surface area contributed by atoms with E-state index in [1.165, 1.54) is 0 Å². The van der Waals surface area contributed by atoms with E-state index in [2.05, 4.69) is 9.97 Å². The maximum absolute atomic E-state index is 13.2. The summed E-state index contributed by atoms with van der Waals surface area (Å²) in [6.45, 7) is 3.63. The van der Waals surface area contributed by atoms with Gasteiger partial charge in [0.15, 0.2) is 0 Å². The number of ether oxygens (including phenoxy) is 1. The van der Waals surface area contributed by atoms with E-state index in [0.717, 1.165) is 23.9 Å². The first kappa shape index (κ1) is 13.9. The van der Waals surface area contributed by atoms with Gasteiger partial charge < -0.3 is 9.84 Å². The van der Waals surface area contributed by atoms with Gasteiger partial charge >= 0.3 is 5.97 Å². The van der Waals surface area contributed by atoms with Gasteiger partial charge in [-0.2, -0.15) is 4.98 Å². The highest BCUT2D eigenvalue weighted by Gasteiger charge is 2.14. The molecule has 1 aromatic heterocycles. The summed E-state index contributed by atoms with van der Waals surface area (Å²) < 4.78 is 18.6. The van der Waals surface area contributed by atoms with Crippen LogP contribution < -0.4 is 4.74 Å². The largest absolute Gasteiger partial charge is 0.478 e. The fourth-order valence-electron chi connectivity index (χ4n) is 1.70. The van der Waals surface area contributed by atoms with Crippen LogP contribution in [0.1, 0.15) is 28.8 Å².